The SMILES string of the molecule is CCC(NC(N)=O)[Si]O. The molecule has 0 spiro atoms. The number of hydrogen-bond donors (Lipinski definition) is 3. The van der Waals surface area contributed by atoms with Crippen molar-refractivity contribution in [3.05, 3.63) is 0 Å². The van der Waals surface area contributed by atoms with Crippen LogP contribution in [0.5, 0.6) is 0 Å². The number of amides is 2. The highest BCUT2D eigenvalue weighted by Gasteiger charge is 2.06. The highest BCUT2D eigenvalue weighted by molar-refractivity contribution is 6.28. The van der Waals surface area contributed by atoms with Gasteiger partial charge >= 0.3 is 6.03 Å². The summed E-state index contributed by atoms with van der Waals surface area (Å²) in [6, 6.07) is -0.580. The molecular weight excluding hydrogens is 136 g/mol. The lowest BCUT2D eigenvalue weighted by molar-refractivity contribution is 0.247. The lowest BCUT2D eigenvalue weighted by atomic mass is 10.5. The Hall–Kier alpha value is -0.553. The first kappa shape index (κ1) is 8.45. The summed E-state index contributed by atoms with van der Waals surface area (Å²) in [6.45, 7) is 1.86. The Morgan fingerprint density at radius 1 is 2.00 bits per heavy atom. The van der Waals surface area contributed by atoms with Gasteiger partial charge in [0.05, 0.1) is 0 Å². The molecule has 0 saturated heterocycles. The van der Waals surface area contributed by atoms with Gasteiger partial charge in [-0.25, -0.2) is 4.79 Å². The fraction of sp³-hybridized carbons (Fsp3) is 0.750. The third-order valence-corrected chi connectivity index (χ3v) is 1.74. The van der Waals surface area contributed by atoms with E-state index in [0.29, 0.717) is 6.42 Å². The Kier molecular flexibility index (Phi) is 4.07. The van der Waals surface area contributed by atoms with Gasteiger partial charge in [0.1, 0.15) is 0 Å². The monoisotopic (exact) mass is 146 g/mol. The van der Waals surface area contributed by atoms with E-state index in [2.05, 4.69) is 5.32 Å². The van der Waals surface area contributed by atoms with Crippen LogP contribution in [0.15, 0.2) is 0 Å². The van der Waals surface area contributed by atoms with Crippen LogP contribution in [0.3, 0.4) is 0 Å². The standard InChI is InChI=1S/C4H10N2O2Si/c1-2-3(9-8)6-4(5)7/h3,8H,2H2,1H3,(H3,5,6,7). The number of carbonyl (C=O) groups is 1. The van der Waals surface area contributed by atoms with E-state index >= 15 is 0 Å². The predicted molar refractivity (Wildman–Crippen MR) is 34.8 cm³/mol. The molecule has 1 unspecified atom stereocenters. The van der Waals surface area contributed by atoms with Crippen molar-refractivity contribution >= 4 is 15.8 Å². The first-order valence-electron chi connectivity index (χ1n) is 2.66. The lowest BCUT2D eigenvalue weighted by Crippen LogP contribution is -2.41. The number of urea groups is 1. The average Bonchev–Trinajstić information content (AvgIpc) is 1.82. The first-order chi connectivity index (χ1) is 4.20. The van der Waals surface area contributed by atoms with Crippen LogP contribution >= 0.6 is 0 Å². The van der Waals surface area contributed by atoms with E-state index in [1.54, 1.807) is 0 Å². The summed E-state index contributed by atoms with van der Waals surface area (Å²) in [5.41, 5.74) is 4.62. The molecule has 0 rings (SSSR count). The van der Waals surface area contributed by atoms with E-state index in [-0.39, 0.29) is 15.4 Å². The third kappa shape index (κ3) is 3.98. The van der Waals surface area contributed by atoms with Gasteiger partial charge in [-0.2, -0.15) is 0 Å². The summed E-state index contributed by atoms with van der Waals surface area (Å²) in [7, 11) is -0.270. The molecular formula is C4H10N2O2Si. The number of carbonyl (C=O) groups excluding carboxylic acids is 1. The summed E-state index contributed by atoms with van der Waals surface area (Å²) < 4.78 is 0. The van der Waals surface area contributed by atoms with E-state index < -0.39 is 6.03 Å². The van der Waals surface area contributed by atoms with Crippen LogP contribution in [0, 0.1) is 0 Å². The summed E-state index contributed by atoms with van der Waals surface area (Å²) in [6.07, 6.45) is 0.706. The summed E-state index contributed by atoms with van der Waals surface area (Å²) in [5.74, 6) is 0. The molecule has 0 aliphatic heterocycles. The Labute approximate surface area is 56.4 Å². The van der Waals surface area contributed by atoms with E-state index in [9.17, 15) is 4.79 Å². The molecule has 0 aliphatic carbocycles. The van der Waals surface area contributed by atoms with Crippen molar-refractivity contribution < 1.29 is 9.59 Å². The molecule has 1 atom stereocenters. The second kappa shape index (κ2) is 4.34. The Morgan fingerprint density at radius 2 is 2.56 bits per heavy atom. The quantitative estimate of drug-likeness (QED) is 0.447. The number of rotatable bonds is 3. The molecule has 0 aliphatic rings. The number of nitrogens with two attached hydrogens (primary N) is 1. The number of primary amides is 1. The van der Waals surface area contributed by atoms with Crippen LogP contribution in [0.2, 0.25) is 0 Å². The van der Waals surface area contributed by atoms with Crippen LogP contribution in [-0.2, 0) is 0 Å². The van der Waals surface area contributed by atoms with Crippen LogP contribution in [0.25, 0.3) is 0 Å². The molecule has 0 fully saturated rings. The minimum absolute atomic E-state index is 0.164. The highest BCUT2D eigenvalue weighted by atomic mass is 28.2. The second-order valence-electron chi connectivity index (χ2n) is 1.60. The van der Waals surface area contributed by atoms with Gasteiger partial charge in [0.25, 0.3) is 0 Å². The lowest BCUT2D eigenvalue weighted by Gasteiger charge is -2.08. The average molecular weight is 146 g/mol. The van der Waals surface area contributed by atoms with Gasteiger partial charge in [-0.15, -0.1) is 0 Å². The van der Waals surface area contributed by atoms with Crippen molar-refractivity contribution in [2.75, 3.05) is 0 Å². The molecule has 4 nitrogen and oxygen atoms in total. The summed E-state index contributed by atoms with van der Waals surface area (Å²) >= 11 is 0. The topological polar surface area (TPSA) is 75.3 Å². The van der Waals surface area contributed by atoms with E-state index in [0.717, 1.165) is 0 Å². The van der Waals surface area contributed by atoms with Crippen molar-refractivity contribution in [2.24, 2.45) is 5.73 Å². The smallest absolute Gasteiger partial charge is 0.312 e. The molecule has 52 valence electrons. The molecule has 0 aromatic rings. The fourth-order valence-corrected chi connectivity index (χ4v) is 0.787. The number of nitrogens with one attached hydrogen (secondary N) is 1. The van der Waals surface area contributed by atoms with E-state index in [1.807, 2.05) is 6.92 Å². The van der Waals surface area contributed by atoms with Crippen LogP contribution in [0.4, 0.5) is 4.79 Å². The minimum Gasteiger partial charge on any atom is -0.430 e. The molecule has 0 aromatic heterocycles. The fourth-order valence-electron chi connectivity index (χ4n) is 0.397. The van der Waals surface area contributed by atoms with Crippen LogP contribution < -0.4 is 11.1 Å². The van der Waals surface area contributed by atoms with Crippen molar-refractivity contribution in [2.45, 2.75) is 19.0 Å². The van der Waals surface area contributed by atoms with Crippen molar-refractivity contribution in [3.63, 3.8) is 0 Å². The maximum atomic E-state index is 10.1. The Morgan fingerprint density at radius 3 is 2.67 bits per heavy atom. The van der Waals surface area contributed by atoms with Gasteiger partial charge in [0, 0.05) is 5.67 Å². The number of hydrogen-bond acceptors (Lipinski definition) is 2. The van der Waals surface area contributed by atoms with Gasteiger partial charge in [0.15, 0.2) is 0 Å². The Bertz CT molecular complexity index is 94.6. The molecule has 0 aromatic carbocycles. The van der Waals surface area contributed by atoms with E-state index in [1.165, 1.54) is 0 Å². The molecule has 2 radical (unpaired) electrons. The van der Waals surface area contributed by atoms with Crippen molar-refractivity contribution in [3.8, 4) is 0 Å². The molecule has 2 amide bonds. The molecule has 0 saturated carbocycles. The van der Waals surface area contributed by atoms with Gasteiger partial charge in [-0.05, 0) is 6.42 Å². The predicted octanol–water partition coefficient (Wildman–Crippen LogP) is -0.998. The molecule has 4 N–H and O–H groups in total. The first-order valence-corrected chi connectivity index (χ1v) is 3.68. The molecule has 9 heavy (non-hydrogen) atoms. The largest absolute Gasteiger partial charge is 0.430 e. The van der Waals surface area contributed by atoms with Crippen molar-refractivity contribution in [1.29, 1.82) is 0 Å². The zero-order valence-corrected chi connectivity index (χ0v) is 6.22. The zero-order chi connectivity index (χ0) is 7.28. The maximum Gasteiger partial charge on any atom is 0.312 e. The third-order valence-electron chi connectivity index (χ3n) is 0.881. The zero-order valence-electron chi connectivity index (χ0n) is 5.22. The van der Waals surface area contributed by atoms with E-state index in [4.69, 9.17) is 10.5 Å². The second-order valence-corrected chi connectivity index (χ2v) is 2.55. The summed E-state index contributed by atoms with van der Waals surface area (Å²) in [5, 5.41) is 2.38. The van der Waals surface area contributed by atoms with Crippen LogP contribution in [-0.4, -0.2) is 26.3 Å². The van der Waals surface area contributed by atoms with Gasteiger partial charge < -0.3 is 15.8 Å². The normalized spacial score (nSPS) is 12.7. The highest BCUT2D eigenvalue weighted by Crippen LogP contribution is 1.84. The van der Waals surface area contributed by atoms with Gasteiger partial charge in [-0.3, -0.25) is 0 Å². The molecule has 0 bridgehead atoms. The van der Waals surface area contributed by atoms with Gasteiger partial charge in [-0.1, -0.05) is 6.92 Å². The minimum atomic E-state index is -0.580. The molecule has 0 heterocycles. The Balaban J connectivity index is 3.43. The molecule has 5 heteroatoms. The van der Waals surface area contributed by atoms with Crippen molar-refractivity contribution in [1.82, 2.24) is 5.32 Å². The van der Waals surface area contributed by atoms with Gasteiger partial charge in [0.2, 0.25) is 9.76 Å². The summed E-state index contributed by atoms with van der Waals surface area (Å²) in [4.78, 5) is 18.7. The maximum absolute atomic E-state index is 10.1. The van der Waals surface area contributed by atoms with Crippen LogP contribution in [0.1, 0.15) is 13.3 Å².